The van der Waals surface area contributed by atoms with Crippen LogP contribution in [0.25, 0.3) is 10.8 Å². The molecule has 0 spiro atoms. The summed E-state index contributed by atoms with van der Waals surface area (Å²) in [6, 6.07) is 13.2. The van der Waals surface area contributed by atoms with Crippen molar-refractivity contribution < 1.29 is 9.59 Å². The Labute approximate surface area is 178 Å². The number of fused-ring (bicyclic) bond motifs is 1. The normalized spacial score (nSPS) is 20.6. The number of urea groups is 1. The monoisotopic (exact) mass is 408 g/mol. The van der Waals surface area contributed by atoms with E-state index in [0.717, 1.165) is 36.0 Å². The first kappa shape index (κ1) is 20.7. The predicted molar refractivity (Wildman–Crippen MR) is 121 cm³/mol. The molecular weight excluding hydrogens is 376 g/mol. The summed E-state index contributed by atoms with van der Waals surface area (Å²) < 4.78 is 0. The second-order valence-electron chi connectivity index (χ2n) is 8.41. The molecule has 2 fully saturated rings. The Morgan fingerprint density at radius 3 is 2.57 bits per heavy atom. The number of rotatable bonds is 5. The molecule has 1 atom stereocenters. The van der Waals surface area contributed by atoms with E-state index in [1.165, 1.54) is 32.4 Å². The van der Waals surface area contributed by atoms with Gasteiger partial charge in [0, 0.05) is 25.0 Å². The van der Waals surface area contributed by atoms with Gasteiger partial charge in [-0.3, -0.25) is 4.79 Å². The fourth-order valence-corrected chi connectivity index (χ4v) is 4.62. The minimum atomic E-state index is -0.441. The van der Waals surface area contributed by atoms with E-state index in [9.17, 15) is 9.59 Å². The molecule has 4 rings (SSSR count). The lowest BCUT2D eigenvalue weighted by molar-refractivity contribution is -0.139. The largest absolute Gasteiger partial charge is 0.339 e. The molecule has 3 amide bonds. The lowest BCUT2D eigenvalue weighted by Crippen LogP contribution is -2.58. The fraction of sp³-hybridized carbons (Fsp3) is 0.500. The van der Waals surface area contributed by atoms with Crippen LogP contribution < -0.4 is 5.32 Å². The third-order valence-electron chi connectivity index (χ3n) is 6.39. The number of piperidine rings is 1. The quantitative estimate of drug-likeness (QED) is 0.819. The summed E-state index contributed by atoms with van der Waals surface area (Å²) in [4.78, 5) is 31.9. The number of hydrogen-bond acceptors (Lipinski definition) is 3. The first-order chi connectivity index (χ1) is 14.6. The fourth-order valence-electron chi connectivity index (χ4n) is 4.62. The van der Waals surface area contributed by atoms with Gasteiger partial charge in [-0.05, 0) is 57.3 Å². The van der Waals surface area contributed by atoms with Crippen LogP contribution in [0.1, 0.15) is 32.6 Å². The van der Waals surface area contributed by atoms with Crippen LogP contribution in [0.2, 0.25) is 0 Å². The summed E-state index contributed by atoms with van der Waals surface area (Å²) in [6.07, 6.45) is 4.93. The van der Waals surface area contributed by atoms with Crippen LogP contribution in [0.5, 0.6) is 0 Å². The van der Waals surface area contributed by atoms with Gasteiger partial charge >= 0.3 is 6.03 Å². The molecule has 2 aliphatic rings. The second-order valence-corrected chi connectivity index (χ2v) is 8.41. The summed E-state index contributed by atoms with van der Waals surface area (Å²) in [6.45, 7) is 7.21. The van der Waals surface area contributed by atoms with Gasteiger partial charge in [-0.15, -0.1) is 0 Å². The van der Waals surface area contributed by atoms with Gasteiger partial charge in [0.1, 0.15) is 6.04 Å². The third kappa shape index (κ3) is 4.59. The molecule has 2 aromatic rings. The molecule has 2 heterocycles. The number of carbonyl (C=O) groups excluding carboxylic acids is 2. The molecular formula is C24H32N4O2. The number of piperazine rings is 1. The Kier molecular flexibility index (Phi) is 6.53. The Morgan fingerprint density at radius 2 is 1.73 bits per heavy atom. The summed E-state index contributed by atoms with van der Waals surface area (Å²) in [5, 5.41) is 5.10. The molecule has 2 saturated heterocycles. The first-order valence-corrected chi connectivity index (χ1v) is 11.2. The van der Waals surface area contributed by atoms with Gasteiger partial charge in [0.15, 0.2) is 0 Å². The van der Waals surface area contributed by atoms with E-state index in [4.69, 9.17) is 0 Å². The third-order valence-corrected chi connectivity index (χ3v) is 6.39. The Morgan fingerprint density at radius 1 is 0.967 bits per heavy atom. The molecule has 0 radical (unpaired) electrons. The predicted octanol–water partition coefficient (Wildman–Crippen LogP) is 3.78. The maximum absolute atomic E-state index is 12.9. The zero-order chi connectivity index (χ0) is 20.9. The minimum absolute atomic E-state index is 0.0490. The van der Waals surface area contributed by atoms with Crippen LogP contribution in [-0.2, 0) is 4.79 Å². The highest BCUT2D eigenvalue weighted by molar-refractivity contribution is 6.02. The Bertz CT molecular complexity index is 888. The van der Waals surface area contributed by atoms with Crippen LogP contribution in [0, 0.1) is 0 Å². The highest BCUT2D eigenvalue weighted by Gasteiger charge is 2.34. The Hall–Kier alpha value is -2.60. The molecule has 30 heavy (non-hydrogen) atoms. The number of anilines is 1. The zero-order valence-corrected chi connectivity index (χ0v) is 17.8. The molecule has 2 aliphatic heterocycles. The van der Waals surface area contributed by atoms with Crippen molar-refractivity contribution in [3.8, 4) is 0 Å². The second kappa shape index (κ2) is 9.47. The van der Waals surface area contributed by atoms with Crippen molar-refractivity contribution in [2.75, 3.05) is 44.6 Å². The van der Waals surface area contributed by atoms with E-state index in [-0.39, 0.29) is 11.9 Å². The van der Waals surface area contributed by atoms with Crippen molar-refractivity contribution in [3.05, 3.63) is 42.5 Å². The van der Waals surface area contributed by atoms with Gasteiger partial charge in [-0.2, -0.15) is 0 Å². The summed E-state index contributed by atoms with van der Waals surface area (Å²) in [5.41, 5.74) is 0.779. The van der Waals surface area contributed by atoms with Gasteiger partial charge < -0.3 is 20.0 Å². The smallest absolute Gasteiger partial charge is 0.322 e. The standard InChI is InChI=1S/C24H32N4O2/c1-19-23(29)27(16-8-15-26-13-5-2-6-14-26)17-18-28(19)24(30)25-22-12-7-10-20-9-3-4-11-21(20)22/h3-4,7,9-12,19H,2,5-6,8,13-18H2,1H3,(H,25,30)/t19-/m0/s1. The van der Waals surface area contributed by atoms with Crippen molar-refractivity contribution in [2.24, 2.45) is 0 Å². The molecule has 0 unspecified atom stereocenters. The average molecular weight is 409 g/mol. The number of nitrogens with zero attached hydrogens (tertiary/aromatic N) is 3. The molecule has 0 aliphatic carbocycles. The number of hydrogen-bond donors (Lipinski definition) is 1. The number of likely N-dealkylation sites (tertiary alicyclic amines) is 1. The molecule has 160 valence electrons. The summed E-state index contributed by atoms with van der Waals surface area (Å²) in [5.74, 6) is 0.0490. The van der Waals surface area contributed by atoms with Crippen molar-refractivity contribution in [1.29, 1.82) is 0 Å². The highest BCUT2D eigenvalue weighted by Crippen LogP contribution is 2.24. The van der Waals surface area contributed by atoms with Gasteiger partial charge in [0.05, 0.1) is 5.69 Å². The topological polar surface area (TPSA) is 55.9 Å². The maximum atomic E-state index is 12.9. The molecule has 6 heteroatoms. The van der Waals surface area contributed by atoms with E-state index in [1.54, 1.807) is 4.90 Å². The molecule has 2 aromatic carbocycles. The van der Waals surface area contributed by atoms with Crippen LogP contribution >= 0.6 is 0 Å². The van der Waals surface area contributed by atoms with Gasteiger partial charge in [-0.1, -0.05) is 42.8 Å². The van der Waals surface area contributed by atoms with E-state index in [0.29, 0.717) is 13.1 Å². The molecule has 1 N–H and O–H groups in total. The van der Waals surface area contributed by atoms with E-state index in [1.807, 2.05) is 54.3 Å². The van der Waals surface area contributed by atoms with Crippen LogP contribution in [-0.4, -0.2) is 71.9 Å². The molecule has 0 saturated carbocycles. The van der Waals surface area contributed by atoms with E-state index < -0.39 is 6.04 Å². The number of nitrogens with one attached hydrogen (secondary N) is 1. The lowest BCUT2D eigenvalue weighted by Gasteiger charge is -2.39. The molecule has 0 bridgehead atoms. The summed E-state index contributed by atoms with van der Waals surface area (Å²) in [7, 11) is 0. The van der Waals surface area contributed by atoms with Crippen LogP contribution in [0.4, 0.5) is 10.5 Å². The minimum Gasteiger partial charge on any atom is -0.339 e. The van der Waals surface area contributed by atoms with Gasteiger partial charge in [-0.25, -0.2) is 4.79 Å². The SMILES string of the molecule is C[C@H]1C(=O)N(CCCN2CCCCC2)CCN1C(=O)Nc1cccc2ccccc12. The first-order valence-electron chi connectivity index (χ1n) is 11.2. The van der Waals surface area contributed by atoms with Crippen molar-refractivity contribution in [1.82, 2.24) is 14.7 Å². The van der Waals surface area contributed by atoms with Crippen LogP contribution in [0.3, 0.4) is 0 Å². The summed E-state index contributed by atoms with van der Waals surface area (Å²) >= 11 is 0. The number of carbonyl (C=O) groups is 2. The van der Waals surface area contributed by atoms with Crippen molar-refractivity contribution in [2.45, 2.75) is 38.6 Å². The average Bonchev–Trinajstić information content (AvgIpc) is 2.77. The lowest BCUT2D eigenvalue weighted by atomic mass is 10.1. The van der Waals surface area contributed by atoms with Crippen molar-refractivity contribution >= 4 is 28.4 Å². The molecule has 6 nitrogen and oxygen atoms in total. The van der Waals surface area contributed by atoms with E-state index in [2.05, 4.69) is 10.2 Å². The molecule has 0 aromatic heterocycles. The van der Waals surface area contributed by atoms with Crippen LogP contribution in [0.15, 0.2) is 42.5 Å². The van der Waals surface area contributed by atoms with E-state index >= 15 is 0 Å². The Balaban J connectivity index is 1.32. The van der Waals surface area contributed by atoms with Gasteiger partial charge in [0.2, 0.25) is 5.91 Å². The van der Waals surface area contributed by atoms with Gasteiger partial charge in [0.25, 0.3) is 0 Å². The highest BCUT2D eigenvalue weighted by atomic mass is 16.2. The number of benzene rings is 2. The maximum Gasteiger partial charge on any atom is 0.322 e. The zero-order valence-electron chi connectivity index (χ0n) is 17.8. The van der Waals surface area contributed by atoms with Crippen molar-refractivity contribution in [3.63, 3.8) is 0 Å². The number of amides is 3.